The number of anilines is 1. The molecule has 2 heterocycles. The van der Waals surface area contributed by atoms with Crippen molar-refractivity contribution in [2.45, 2.75) is 19.8 Å². The number of aromatic nitrogens is 1. The van der Waals surface area contributed by atoms with Crippen LogP contribution < -0.4 is 5.73 Å². The molecule has 0 atom stereocenters. The third-order valence-electron chi connectivity index (χ3n) is 4.21. The summed E-state index contributed by atoms with van der Waals surface area (Å²) >= 11 is 1.62. The minimum Gasteiger partial charge on any atom is -0.462 e. The van der Waals surface area contributed by atoms with Crippen LogP contribution in [0.2, 0.25) is 0 Å². The van der Waals surface area contributed by atoms with E-state index in [0.717, 1.165) is 38.0 Å². The molecule has 25 heavy (non-hydrogen) atoms. The number of hydrogen-bond acceptors (Lipinski definition) is 6. The van der Waals surface area contributed by atoms with Gasteiger partial charge in [0.1, 0.15) is 0 Å². The number of ether oxygens (including phenoxy) is 1. The number of nitrogens with zero attached hydrogens (tertiary/aromatic N) is 2. The molecule has 1 aromatic carbocycles. The molecule has 1 aliphatic heterocycles. The highest BCUT2D eigenvalue weighted by molar-refractivity contribution is 7.15. The number of nitrogens with two attached hydrogens (primary N) is 1. The van der Waals surface area contributed by atoms with Gasteiger partial charge in [-0.2, -0.15) is 0 Å². The van der Waals surface area contributed by atoms with E-state index >= 15 is 0 Å². The lowest BCUT2D eigenvalue weighted by atomic mass is 10.1. The van der Waals surface area contributed by atoms with E-state index in [-0.39, 0.29) is 5.97 Å². The Morgan fingerprint density at radius 1 is 1.32 bits per heavy atom. The van der Waals surface area contributed by atoms with Crippen LogP contribution in [-0.2, 0) is 17.6 Å². The van der Waals surface area contributed by atoms with Gasteiger partial charge in [-0.1, -0.05) is 24.3 Å². The number of thiazole rings is 1. The molecule has 0 bridgehead atoms. The molecule has 0 fully saturated rings. The fourth-order valence-corrected chi connectivity index (χ4v) is 3.76. The third kappa shape index (κ3) is 4.67. The highest BCUT2D eigenvalue weighted by Gasteiger charge is 2.16. The molecule has 5 nitrogen and oxygen atoms in total. The van der Waals surface area contributed by atoms with Gasteiger partial charge < -0.3 is 10.5 Å². The molecule has 0 radical (unpaired) electrons. The molecule has 2 aromatic rings. The molecular weight excluding hydrogens is 334 g/mol. The zero-order valence-electron chi connectivity index (χ0n) is 14.4. The SMILES string of the molecule is CCOC(=O)c1ccc(C=CCN2CCc3nc(N)sc3CC2)cc1. The summed E-state index contributed by atoms with van der Waals surface area (Å²) in [6, 6.07) is 7.49. The first-order valence-corrected chi connectivity index (χ1v) is 9.37. The van der Waals surface area contributed by atoms with Gasteiger partial charge in [-0.15, -0.1) is 11.3 Å². The van der Waals surface area contributed by atoms with Crippen molar-refractivity contribution in [1.29, 1.82) is 0 Å². The lowest BCUT2D eigenvalue weighted by molar-refractivity contribution is 0.0526. The van der Waals surface area contributed by atoms with Crippen molar-refractivity contribution in [2.24, 2.45) is 0 Å². The number of fused-ring (bicyclic) bond motifs is 1. The average Bonchev–Trinajstić information content (AvgIpc) is 2.87. The number of carbonyl (C=O) groups is 1. The Morgan fingerprint density at radius 2 is 2.08 bits per heavy atom. The molecule has 0 unspecified atom stereocenters. The lowest BCUT2D eigenvalue weighted by Crippen LogP contribution is -2.26. The molecule has 1 aromatic heterocycles. The number of benzene rings is 1. The molecule has 0 amide bonds. The minimum atomic E-state index is -0.274. The van der Waals surface area contributed by atoms with Crippen LogP contribution in [0.5, 0.6) is 0 Å². The Labute approximate surface area is 152 Å². The maximum absolute atomic E-state index is 11.6. The predicted octanol–water partition coefficient (Wildman–Crippen LogP) is 3.02. The Hall–Kier alpha value is -2.18. The predicted molar refractivity (Wildman–Crippen MR) is 102 cm³/mol. The van der Waals surface area contributed by atoms with Crippen LogP contribution in [-0.4, -0.2) is 42.1 Å². The van der Waals surface area contributed by atoms with Crippen LogP contribution >= 0.6 is 11.3 Å². The lowest BCUT2D eigenvalue weighted by Gasteiger charge is -2.17. The van der Waals surface area contributed by atoms with Gasteiger partial charge >= 0.3 is 5.97 Å². The molecule has 0 saturated carbocycles. The Bertz CT molecular complexity index is 727. The van der Waals surface area contributed by atoms with Gasteiger partial charge in [0, 0.05) is 30.9 Å². The van der Waals surface area contributed by atoms with Crippen molar-refractivity contribution in [2.75, 3.05) is 32.0 Å². The van der Waals surface area contributed by atoms with E-state index in [1.807, 2.05) is 19.1 Å². The number of nitrogen functional groups attached to an aromatic ring is 1. The van der Waals surface area contributed by atoms with E-state index < -0.39 is 0 Å². The van der Waals surface area contributed by atoms with Crippen molar-refractivity contribution in [1.82, 2.24) is 9.88 Å². The molecule has 0 spiro atoms. The molecule has 0 aliphatic carbocycles. The molecule has 2 N–H and O–H groups in total. The zero-order valence-corrected chi connectivity index (χ0v) is 15.2. The standard InChI is InChI=1S/C19H23N3O2S/c1-2-24-18(23)15-7-5-14(6-8-15)4-3-11-22-12-9-16-17(10-13-22)25-19(20)21-16/h3-8H,2,9-13H2,1H3,(H2,20,21). The first kappa shape index (κ1) is 17.6. The maximum Gasteiger partial charge on any atom is 0.338 e. The van der Waals surface area contributed by atoms with E-state index in [2.05, 4.69) is 22.0 Å². The summed E-state index contributed by atoms with van der Waals surface area (Å²) in [5, 5.41) is 0.685. The van der Waals surface area contributed by atoms with Gasteiger partial charge in [-0.3, -0.25) is 4.90 Å². The fraction of sp³-hybridized carbons (Fsp3) is 0.368. The summed E-state index contributed by atoms with van der Waals surface area (Å²) in [4.78, 5) is 19.8. The Morgan fingerprint density at radius 3 is 2.84 bits per heavy atom. The number of hydrogen-bond donors (Lipinski definition) is 1. The van der Waals surface area contributed by atoms with E-state index in [4.69, 9.17) is 10.5 Å². The molecule has 0 saturated heterocycles. The number of rotatable bonds is 5. The van der Waals surface area contributed by atoms with Gasteiger partial charge in [-0.05, 0) is 31.0 Å². The van der Waals surface area contributed by atoms with E-state index in [9.17, 15) is 4.79 Å². The van der Waals surface area contributed by atoms with Crippen molar-refractivity contribution >= 4 is 28.5 Å². The van der Waals surface area contributed by atoms with E-state index in [1.54, 1.807) is 23.5 Å². The largest absolute Gasteiger partial charge is 0.462 e. The summed E-state index contributed by atoms with van der Waals surface area (Å²) in [6.07, 6.45) is 6.24. The minimum absolute atomic E-state index is 0.274. The van der Waals surface area contributed by atoms with Gasteiger partial charge in [0.05, 0.1) is 17.9 Å². The Kier molecular flexibility index (Phi) is 5.83. The van der Waals surface area contributed by atoms with Crippen LogP contribution in [0.4, 0.5) is 5.13 Å². The van der Waals surface area contributed by atoms with Crippen molar-refractivity contribution in [3.63, 3.8) is 0 Å². The molecule has 6 heteroatoms. The van der Waals surface area contributed by atoms with Gasteiger partial charge in [0.15, 0.2) is 5.13 Å². The van der Waals surface area contributed by atoms with Crippen LogP contribution in [0.3, 0.4) is 0 Å². The highest BCUT2D eigenvalue weighted by atomic mass is 32.1. The highest BCUT2D eigenvalue weighted by Crippen LogP contribution is 2.24. The Balaban J connectivity index is 1.51. The normalized spacial score (nSPS) is 15.1. The van der Waals surface area contributed by atoms with E-state index in [0.29, 0.717) is 17.3 Å². The summed E-state index contributed by atoms with van der Waals surface area (Å²) in [5.74, 6) is -0.274. The topological polar surface area (TPSA) is 68.5 Å². The first-order valence-electron chi connectivity index (χ1n) is 8.56. The van der Waals surface area contributed by atoms with Gasteiger partial charge in [0.25, 0.3) is 0 Å². The summed E-state index contributed by atoms with van der Waals surface area (Å²) in [5.41, 5.74) is 8.63. The summed E-state index contributed by atoms with van der Waals surface area (Å²) < 4.78 is 4.99. The third-order valence-corrected chi connectivity index (χ3v) is 5.20. The van der Waals surface area contributed by atoms with Gasteiger partial charge in [-0.25, -0.2) is 9.78 Å². The van der Waals surface area contributed by atoms with Crippen LogP contribution in [0, 0.1) is 0 Å². The van der Waals surface area contributed by atoms with Crippen LogP contribution in [0.25, 0.3) is 6.08 Å². The van der Waals surface area contributed by atoms with E-state index in [1.165, 1.54) is 10.6 Å². The first-order chi connectivity index (χ1) is 12.2. The second-order valence-electron chi connectivity index (χ2n) is 5.97. The zero-order chi connectivity index (χ0) is 17.6. The van der Waals surface area contributed by atoms with Crippen molar-refractivity contribution in [3.05, 3.63) is 52.0 Å². The summed E-state index contributed by atoms with van der Waals surface area (Å²) in [6.45, 7) is 5.14. The van der Waals surface area contributed by atoms with Crippen LogP contribution in [0.1, 0.15) is 33.4 Å². The van der Waals surface area contributed by atoms with Crippen LogP contribution in [0.15, 0.2) is 30.3 Å². The molecular formula is C19H23N3O2S. The number of esters is 1. The van der Waals surface area contributed by atoms with Crippen molar-refractivity contribution in [3.8, 4) is 0 Å². The average molecular weight is 357 g/mol. The summed E-state index contributed by atoms with van der Waals surface area (Å²) in [7, 11) is 0. The molecule has 3 rings (SSSR count). The number of carbonyl (C=O) groups excluding carboxylic acids is 1. The molecule has 1 aliphatic rings. The maximum atomic E-state index is 11.6. The second-order valence-corrected chi connectivity index (χ2v) is 7.08. The second kappa shape index (κ2) is 8.27. The fourth-order valence-electron chi connectivity index (χ4n) is 2.89. The quantitative estimate of drug-likeness (QED) is 0.833. The smallest absolute Gasteiger partial charge is 0.338 e. The molecule has 132 valence electrons. The van der Waals surface area contributed by atoms with Crippen molar-refractivity contribution < 1.29 is 9.53 Å². The van der Waals surface area contributed by atoms with Gasteiger partial charge in [0.2, 0.25) is 0 Å². The monoisotopic (exact) mass is 357 g/mol.